The van der Waals surface area contributed by atoms with Crippen LogP contribution in [-0.2, 0) is 17.6 Å². The number of fused-ring (bicyclic) bond motifs is 1. The van der Waals surface area contributed by atoms with Crippen LogP contribution in [0.2, 0.25) is 10.0 Å². The lowest BCUT2D eigenvalue weighted by Gasteiger charge is -2.46. The van der Waals surface area contributed by atoms with Crippen molar-refractivity contribution in [3.05, 3.63) is 57.6 Å². The molecule has 0 spiro atoms. The molecule has 4 aliphatic heterocycles. The van der Waals surface area contributed by atoms with E-state index in [0.717, 1.165) is 61.6 Å². The Morgan fingerprint density at radius 3 is 2.35 bits per heavy atom. The summed E-state index contributed by atoms with van der Waals surface area (Å²) >= 11 is 12.6. The molecule has 2 N–H and O–H groups in total. The van der Waals surface area contributed by atoms with Crippen molar-refractivity contribution in [3.8, 4) is 5.75 Å². The Hall–Kier alpha value is -3.25. The molecule has 2 aromatic rings. The molecule has 3 atom stereocenters. The minimum Gasteiger partial charge on any atom is -0.497 e. The first-order valence-corrected chi connectivity index (χ1v) is 17.8. The Morgan fingerprint density at radius 2 is 1.67 bits per heavy atom. The fraction of sp³-hybridized carbons (Fsp3) is 0.571. The predicted molar refractivity (Wildman–Crippen MR) is 186 cm³/mol. The molecule has 4 aliphatic rings. The fourth-order valence-electron chi connectivity index (χ4n) is 7.99. The number of nitrogens with one attached hydrogen (secondary N) is 1. The molecule has 2 unspecified atom stereocenters. The molecule has 11 nitrogen and oxygen atoms in total. The zero-order valence-electron chi connectivity index (χ0n) is 27.7. The van der Waals surface area contributed by atoms with E-state index in [4.69, 9.17) is 27.9 Å². The number of ether oxygens (including phenoxy) is 1. The minimum atomic E-state index is -1.06. The number of urea groups is 1. The second kappa shape index (κ2) is 15.1. The summed E-state index contributed by atoms with van der Waals surface area (Å²) in [7, 11) is 3.78. The van der Waals surface area contributed by atoms with E-state index in [2.05, 4.69) is 22.2 Å². The van der Waals surface area contributed by atoms with Crippen LogP contribution in [0.1, 0.15) is 36.8 Å². The Balaban J connectivity index is 1.23. The van der Waals surface area contributed by atoms with E-state index in [1.165, 1.54) is 4.90 Å². The average Bonchev–Trinajstić information content (AvgIpc) is 3.26. The van der Waals surface area contributed by atoms with E-state index in [9.17, 15) is 19.5 Å². The van der Waals surface area contributed by atoms with Crippen molar-refractivity contribution in [3.63, 3.8) is 0 Å². The van der Waals surface area contributed by atoms with Crippen LogP contribution in [0.15, 0.2) is 36.4 Å². The van der Waals surface area contributed by atoms with Gasteiger partial charge in [-0.1, -0.05) is 29.3 Å². The third kappa shape index (κ3) is 7.64. The number of carboxylic acid groups (broad SMARTS) is 1. The lowest BCUT2D eigenvalue weighted by molar-refractivity contribution is -0.140. The number of methoxy groups -OCH3 is 1. The van der Waals surface area contributed by atoms with Gasteiger partial charge in [0.25, 0.3) is 0 Å². The molecule has 0 saturated carbocycles. The molecule has 48 heavy (non-hydrogen) atoms. The number of nitrogens with zero attached hydrogens (tertiary/aromatic N) is 5. The SMILES string of the molecule is COc1ccc2c(c1)CCN(C1CCN(C(=O)O)[C@@H](C(Cc3ccc(Cl)c(Cl)c3)C(=O)N3CCN(C4CCN(C)CC4)CC3)C1)C(=O)N2. The number of carbonyl (C=O) groups excluding carboxylic acids is 2. The minimum absolute atomic E-state index is 0.0548. The van der Waals surface area contributed by atoms with Gasteiger partial charge in [0.1, 0.15) is 5.75 Å². The van der Waals surface area contributed by atoms with Gasteiger partial charge < -0.3 is 34.8 Å². The van der Waals surface area contributed by atoms with E-state index in [0.29, 0.717) is 61.4 Å². The van der Waals surface area contributed by atoms with Crippen molar-refractivity contribution in [2.75, 3.05) is 71.8 Å². The van der Waals surface area contributed by atoms with Crippen molar-refractivity contribution >= 4 is 46.9 Å². The number of amides is 4. The summed E-state index contributed by atoms with van der Waals surface area (Å²) in [5.74, 6) is 0.00968. The quantitative estimate of drug-likeness (QED) is 0.419. The van der Waals surface area contributed by atoms with Crippen LogP contribution in [0.5, 0.6) is 5.75 Å². The highest BCUT2D eigenvalue weighted by Crippen LogP contribution is 2.34. The Morgan fingerprint density at radius 1 is 0.938 bits per heavy atom. The first-order chi connectivity index (χ1) is 23.1. The Bertz CT molecular complexity index is 1500. The van der Waals surface area contributed by atoms with E-state index >= 15 is 0 Å². The number of likely N-dealkylation sites (tertiary alicyclic amines) is 2. The van der Waals surface area contributed by atoms with Crippen molar-refractivity contribution in [2.45, 2.75) is 56.7 Å². The fourth-order valence-corrected chi connectivity index (χ4v) is 8.31. The first kappa shape index (κ1) is 34.6. The van der Waals surface area contributed by atoms with Gasteiger partial charge in [0, 0.05) is 63.1 Å². The highest BCUT2D eigenvalue weighted by atomic mass is 35.5. The molecule has 3 fully saturated rings. The summed E-state index contributed by atoms with van der Waals surface area (Å²) in [4.78, 5) is 50.9. The van der Waals surface area contributed by atoms with E-state index in [1.807, 2.05) is 34.1 Å². The number of hydrogen-bond donors (Lipinski definition) is 2. The largest absolute Gasteiger partial charge is 0.497 e. The number of piperazine rings is 1. The van der Waals surface area contributed by atoms with Gasteiger partial charge in [-0.05, 0) is 100 Å². The molecule has 0 aliphatic carbocycles. The summed E-state index contributed by atoms with van der Waals surface area (Å²) < 4.78 is 5.40. The van der Waals surface area contributed by atoms with Crippen molar-refractivity contribution < 1.29 is 24.2 Å². The summed E-state index contributed by atoms with van der Waals surface area (Å²) in [6.45, 7) is 5.66. The summed E-state index contributed by atoms with van der Waals surface area (Å²) in [6.07, 6.45) is 2.98. The third-order valence-electron chi connectivity index (χ3n) is 10.8. The monoisotopic (exact) mass is 700 g/mol. The summed E-state index contributed by atoms with van der Waals surface area (Å²) in [5, 5.41) is 14.3. The molecule has 3 saturated heterocycles. The third-order valence-corrected chi connectivity index (χ3v) is 11.5. The smallest absolute Gasteiger partial charge is 0.407 e. The molecule has 0 bridgehead atoms. The second-order valence-corrected chi connectivity index (χ2v) is 14.4. The van der Waals surface area contributed by atoms with Gasteiger partial charge in [0.2, 0.25) is 5.91 Å². The van der Waals surface area contributed by atoms with E-state index in [1.54, 1.807) is 19.2 Å². The average molecular weight is 702 g/mol. The van der Waals surface area contributed by atoms with Crippen LogP contribution >= 0.6 is 23.2 Å². The van der Waals surface area contributed by atoms with E-state index in [-0.39, 0.29) is 24.5 Å². The number of piperidine rings is 2. The van der Waals surface area contributed by atoms with Gasteiger partial charge in [-0.3, -0.25) is 9.69 Å². The molecule has 0 radical (unpaired) electrons. The van der Waals surface area contributed by atoms with Crippen LogP contribution in [0.25, 0.3) is 0 Å². The highest BCUT2D eigenvalue weighted by molar-refractivity contribution is 6.42. The Labute approximate surface area is 292 Å². The molecular weight excluding hydrogens is 655 g/mol. The maximum Gasteiger partial charge on any atom is 0.407 e. The molecular formula is C35H46Cl2N6O5. The van der Waals surface area contributed by atoms with Crippen molar-refractivity contribution in [1.82, 2.24) is 24.5 Å². The van der Waals surface area contributed by atoms with Gasteiger partial charge in [0.15, 0.2) is 0 Å². The molecule has 0 aromatic heterocycles. The molecule has 2 aromatic carbocycles. The molecule has 13 heteroatoms. The van der Waals surface area contributed by atoms with Crippen LogP contribution in [0, 0.1) is 5.92 Å². The summed E-state index contributed by atoms with van der Waals surface area (Å²) in [5.41, 5.74) is 2.55. The zero-order valence-corrected chi connectivity index (χ0v) is 29.3. The van der Waals surface area contributed by atoms with Gasteiger partial charge >= 0.3 is 12.1 Å². The predicted octanol–water partition coefficient (Wildman–Crippen LogP) is 5.00. The lowest BCUT2D eigenvalue weighted by Crippen LogP contribution is -2.60. The Kier molecular flexibility index (Phi) is 10.9. The van der Waals surface area contributed by atoms with Crippen LogP contribution < -0.4 is 10.1 Å². The van der Waals surface area contributed by atoms with Crippen LogP contribution in [-0.4, -0.2) is 132 Å². The topological polar surface area (TPSA) is 109 Å². The number of benzene rings is 2. The number of rotatable bonds is 7. The molecule has 4 amide bonds. The van der Waals surface area contributed by atoms with Crippen LogP contribution in [0.4, 0.5) is 15.3 Å². The van der Waals surface area contributed by atoms with Crippen LogP contribution in [0.3, 0.4) is 0 Å². The number of hydrogen-bond acceptors (Lipinski definition) is 6. The van der Waals surface area contributed by atoms with Gasteiger partial charge in [0.05, 0.1) is 23.1 Å². The number of carbonyl (C=O) groups is 3. The maximum atomic E-state index is 14.6. The number of halogens is 2. The number of anilines is 1. The first-order valence-electron chi connectivity index (χ1n) is 17.0. The van der Waals surface area contributed by atoms with E-state index < -0.39 is 18.1 Å². The molecule has 4 heterocycles. The highest BCUT2D eigenvalue weighted by Gasteiger charge is 2.44. The summed E-state index contributed by atoms with van der Waals surface area (Å²) in [6, 6.07) is 10.4. The maximum absolute atomic E-state index is 14.6. The zero-order chi connectivity index (χ0) is 33.9. The molecule has 6 rings (SSSR count). The second-order valence-electron chi connectivity index (χ2n) is 13.6. The van der Waals surface area contributed by atoms with Crippen molar-refractivity contribution in [1.29, 1.82) is 0 Å². The molecule has 260 valence electrons. The normalized spacial score (nSPS) is 23.7. The standard InChI is InChI=1S/C35H46Cl2N6O5/c1-39-11-8-25(9-12-39)40-15-17-41(18-16-40)33(44)28(19-23-3-5-29(36)30(37)20-23)32-22-26(10-14-43(32)35(46)47)42-13-7-24-21-27(48-2)4-6-31(24)38-34(42)45/h3-6,20-21,25-26,28,32H,7-19,22H2,1-2H3,(H,38,45)(H,46,47)/t26?,28?,32-/m1/s1. The van der Waals surface area contributed by atoms with Crippen molar-refractivity contribution in [2.24, 2.45) is 5.92 Å². The lowest BCUT2D eigenvalue weighted by atomic mass is 9.82. The van der Waals surface area contributed by atoms with Gasteiger partial charge in [-0.15, -0.1) is 0 Å². The van der Waals surface area contributed by atoms with Gasteiger partial charge in [-0.25, -0.2) is 9.59 Å². The van der Waals surface area contributed by atoms with Gasteiger partial charge in [-0.2, -0.15) is 0 Å².